The second-order valence-electron chi connectivity index (χ2n) is 10.7. The van der Waals surface area contributed by atoms with Crippen LogP contribution in [0.25, 0.3) is 11.1 Å². The van der Waals surface area contributed by atoms with Crippen molar-refractivity contribution in [2.75, 3.05) is 26.3 Å². The molecule has 1 aliphatic heterocycles. The summed E-state index contributed by atoms with van der Waals surface area (Å²) in [7, 11) is 0. The lowest BCUT2D eigenvalue weighted by atomic mass is 9.85. The molecule has 204 valence electrons. The minimum absolute atomic E-state index is 0.234. The van der Waals surface area contributed by atoms with E-state index in [9.17, 15) is 23.1 Å². The molecule has 0 atom stereocenters. The Hall–Kier alpha value is -3.45. The first kappa shape index (κ1) is 27.1. The summed E-state index contributed by atoms with van der Waals surface area (Å²) in [4.78, 5) is 18.0. The number of carbonyl (C=O) groups is 1. The van der Waals surface area contributed by atoms with E-state index >= 15 is 0 Å². The normalized spacial score (nSPS) is 16.2. The molecule has 0 unspecified atom stereocenters. The highest BCUT2D eigenvalue weighted by Crippen LogP contribution is 2.41. The Bertz CT molecular complexity index is 1380. The number of carboxylic acid groups (broad SMARTS) is 1. The average Bonchev–Trinajstić information content (AvgIpc) is 3.09. The molecule has 1 aliphatic carbocycles. The number of nitrogens with zero attached hydrogens (tertiary/aromatic N) is 2. The summed E-state index contributed by atoms with van der Waals surface area (Å²) in [5.74, 6) is -0.389. The SMILES string of the molecule is Cc1cc(C(F)F)ncc1C1=C(c2ccc(CC3CN(CCCF)C3)cc2)c2ccc(C(=O)O)cc2CCC1. The minimum Gasteiger partial charge on any atom is -0.478 e. The molecule has 0 amide bonds. The number of likely N-dealkylation sites (tertiary alicyclic amines) is 1. The van der Waals surface area contributed by atoms with E-state index in [1.807, 2.05) is 13.0 Å². The highest BCUT2D eigenvalue weighted by molar-refractivity contribution is 6.01. The predicted molar refractivity (Wildman–Crippen MR) is 147 cm³/mol. The predicted octanol–water partition coefficient (Wildman–Crippen LogP) is 7.16. The number of hydrogen-bond donors (Lipinski definition) is 1. The molecule has 0 bridgehead atoms. The van der Waals surface area contributed by atoms with E-state index in [2.05, 4.69) is 34.1 Å². The van der Waals surface area contributed by atoms with Crippen LogP contribution < -0.4 is 0 Å². The molecule has 1 saturated heterocycles. The van der Waals surface area contributed by atoms with E-state index in [-0.39, 0.29) is 17.9 Å². The fourth-order valence-corrected chi connectivity index (χ4v) is 5.95. The van der Waals surface area contributed by atoms with Crippen molar-refractivity contribution < 1.29 is 23.1 Å². The van der Waals surface area contributed by atoms with Gasteiger partial charge in [-0.25, -0.2) is 13.6 Å². The first-order valence-electron chi connectivity index (χ1n) is 13.6. The van der Waals surface area contributed by atoms with Crippen molar-refractivity contribution in [3.05, 3.63) is 99.4 Å². The van der Waals surface area contributed by atoms with Gasteiger partial charge in [0.15, 0.2) is 0 Å². The second-order valence-corrected chi connectivity index (χ2v) is 10.7. The molecule has 2 aliphatic rings. The van der Waals surface area contributed by atoms with Gasteiger partial charge in [0.1, 0.15) is 5.69 Å². The Labute approximate surface area is 227 Å². The molecule has 1 fully saturated rings. The summed E-state index contributed by atoms with van der Waals surface area (Å²) >= 11 is 0. The van der Waals surface area contributed by atoms with Gasteiger partial charge in [-0.15, -0.1) is 0 Å². The fourth-order valence-electron chi connectivity index (χ4n) is 5.95. The number of carboxylic acids is 1. The third kappa shape index (κ3) is 5.93. The second kappa shape index (κ2) is 11.7. The van der Waals surface area contributed by atoms with Crippen LogP contribution in [0.3, 0.4) is 0 Å². The summed E-state index contributed by atoms with van der Waals surface area (Å²) < 4.78 is 39.1. The zero-order valence-electron chi connectivity index (χ0n) is 22.1. The lowest BCUT2D eigenvalue weighted by Crippen LogP contribution is -2.47. The largest absolute Gasteiger partial charge is 0.478 e. The molecule has 2 heterocycles. The van der Waals surface area contributed by atoms with Gasteiger partial charge in [0, 0.05) is 25.8 Å². The fraction of sp³-hybridized carbons (Fsp3) is 0.375. The smallest absolute Gasteiger partial charge is 0.335 e. The summed E-state index contributed by atoms with van der Waals surface area (Å²) in [5.41, 5.74) is 7.85. The van der Waals surface area contributed by atoms with Gasteiger partial charge < -0.3 is 10.0 Å². The van der Waals surface area contributed by atoms with Gasteiger partial charge in [-0.1, -0.05) is 30.3 Å². The summed E-state index contributed by atoms with van der Waals surface area (Å²) in [6.07, 6.45) is 2.75. The van der Waals surface area contributed by atoms with Gasteiger partial charge in [0.2, 0.25) is 0 Å². The molecule has 7 heteroatoms. The lowest BCUT2D eigenvalue weighted by Gasteiger charge is -2.39. The van der Waals surface area contributed by atoms with Crippen molar-refractivity contribution in [2.45, 2.75) is 45.5 Å². The number of benzene rings is 2. The van der Waals surface area contributed by atoms with Gasteiger partial charge in [0.25, 0.3) is 6.43 Å². The highest BCUT2D eigenvalue weighted by atomic mass is 19.3. The van der Waals surface area contributed by atoms with Crippen molar-refractivity contribution >= 4 is 17.1 Å². The average molecular weight is 535 g/mol. The van der Waals surface area contributed by atoms with Crippen LogP contribution in [0.15, 0.2) is 54.7 Å². The van der Waals surface area contributed by atoms with Gasteiger partial charge >= 0.3 is 5.97 Å². The van der Waals surface area contributed by atoms with E-state index in [1.165, 1.54) is 11.6 Å². The molecule has 39 heavy (non-hydrogen) atoms. The van der Waals surface area contributed by atoms with Gasteiger partial charge in [-0.3, -0.25) is 9.37 Å². The van der Waals surface area contributed by atoms with Gasteiger partial charge in [0.05, 0.1) is 12.2 Å². The number of hydrogen-bond acceptors (Lipinski definition) is 3. The first-order valence-corrected chi connectivity index (χ1v) is 13.6. The van der Waals surface area contributed by atoms with Gasteiger partial charge in [-0.2, -0.15) is 0 Å². The van der Waals surface area contributed by atoms with E-state index in [0.29, 0.717) is 12.3 Å². The number of aromatic carboxylic acids is 1. The Kier molecular flexibility index (Phi) is 8.17. The molecular formula is C32H33F3N2O2. The number of rotatable bonds is 9. The lowest BCUT2D eigenvalue weighted by molar-refractivity contribution is 0.0696. The number of halogens is 3. The maximum absolute atomic E-state index is 13.3. The molecule has 0 radical (unpaired) electrons. The quantitative estimate of drug-likeness (QED) is 0.317. The molecule has 3 aromatic rings. The van der Waals surface area contributed by atoms with Crippen molar-refractivity contribution in [2.24, 2.45) is 5.92 Å². The Balaban J connectivity index is 1.52. The molecular weight excluding hydrogens is 501 g/mol. The number of fused-ring (bicyclic) bond motifs is 1. The number of pyridine rings is 1. The Morgan fingerprint density at radius 1 is 1.08 bits per heavy atom. The number of allylic oxidation sites excluding steroid dienone is 1. The molecule has 0 spiro atoms. The molecule has 5 rings (SSSR count). The first-order chi connectivity index (χ1) is 18.8. The number of aryl methyl sites for hydroxylation is 2. The molecule has 2 aromatic carbocycles. The van der Waals surface area contributed by atoms with E-state index in [4.69, 9.17) is 0 Å². The third-order valence-corrected chi connectivity index (χ3v) is 7.88. The van der Waals surface area contributed by atoms with Crippen LogP contribution in [-0.2, 0) is 12.8 Å². The van der Waals surface area contributed by atoms with Crippen LogP contribution in [0.2, 0.25) is 0 Å². The highest BCUT2D eigenvalue weighted by Gasteiger charge is 2.27. The molecule has 0 saturated carbocycles. The van der Waals surface area contributed by atoms with Crippen molar-refractivity contribution in [1.82, 2.24) is 9.88 Å². The van der Waals surface area contributed by atoms with Crippen molar-refractivity contribution in [1.29, 1.82) is 0 Å². The molecule has 4 nitrogen and oxygen atoms in total. The topological polar surface area (TPSA) is 53.4 Å². The van der Waals surface area contributed by atoms with Crippen LogP contribution in [0, 0.1) is 12.8 Å². The maximum atomic E-state index is 13.3. The molecule has 1 aromatic heterocycles. The Morgan fingerprint density at radius 2 is 1.85 bits per heavy atom. The van der Waals surface area contributed by atoms with Crippen LogP contribution in [0.4, 0.5) is 13.2 Å². The zero-order valence-corrected chi connectivity index (χ0v) is 22.1. The monoisotopic (exact) mass is 534 g/mol. The summed E-state index contributed by atoms with van der Waals surface area (Å²) in [6.45, 7) is 4.38. The third-order valence-electron chi connectivity index (χ3n) is 7.88. The van der Waals surface area contributed by atoms with Crippen LogP contribution in [0.1, 0.15) is 75.1 Å². The van der Waals surface area contributed by atoms with Crippen LogP contribution in [0.5, 0.6) is 0 Å². The minimum atomic E-state index is -2.63. The van der Waals surface area contributed by atoms with Crippen LogP contribution in [-0.4, -0.2) is 47.3 Å². The number of aromatic nitrogens is 1. The standard InChI is InChI=1S/C32H33F3N2O2/c1-20-14-29(31(34)35)36-17-28(20)27-5-2-4-24-16-25(32(38)39)10-11-26(24)30(27)23-8-6-21(7-9-23)15-22-18-37(19-22)13-3-12-33/h6-11,14,16-17,22,31H,2-5,12-13,15,18-19H2,1H3,(H,38,39). The summed E-state index contributed by atoms with van der Waals surface area (Å²) in [6, 6.07) is 15.2. The van der Waals surface area contributed by atoms with Crippen LogP contribution >= 0.6 is 0 Å². The van der Waals surface area contributed by atoms with Crippen molar-refractivity contribution in [3.8, 4) is 0 Å². The summed E-state index contributed by atoms with van der Waals surface area (Å²) in [5, 5.41) is 9.56. The van der Waals surface area contributed by atoms with E-state index in [0.717, 1.165) is 84.3 Å². The number of alkyl halides is 3. The van der Waals surface area contributed by atoms with E-state index < -0.39 is 12.4 Å². The maximum Gasteiger partial charge on any atom is 0.335 e. The van der Waals surface area contributed by atoms with E-state index in [1.54, 1.807) is 18.3 Å². The van der Waals surface area contributed by atoms with Crippen molar-refractivity contribution in [3.63, 3.8) is 0 Å². The molecule has 1 N–H and O–H groups in total. The Morgan fingerprint density at radius 3 is 2.51 bits per heavy atom. The van der Waals surface area contributed by atoms with Gasteiger partial charge in [-0.05, 0) is 108 Å². The zero-order chi connectivity index (χ0) is 27.5.